The number of aromatic nitrogens is 1. The third-order valence-electron chi connectivity index (χ3n) is 5.29. The summed E-state index contributed by atoms with van der Waals surface area (Å²) in [4.78, 5) is 31.6. The number of pyridine rings is 1. The fraction of sp³-hybridized carbons (Fsp3) is 0.292. The SMILES string of the molecule is CC(=O)c1cc(CN2CCCC[C@@H]2C(=O)Nc2ccc(Oc3cccnc3)cc2)cs1. The lowest BCUT2D eigenvalue weighted by Crippen LogP contribution is -2.46. The van der Waals surface area contributed by atoms with E-state index in [4.69, 9.17) is 4.74 Å². The Morgan fingerprint density at radius 1 is 1.19 bits per heavy atom. The number of hydrogen-bond acceptors (Lipinski definition) is 6. The highest BCUT2D eigenvalue weighted by Gasteiger charge is 2.29. The molecular weight excluding hydrogens is 410 g/mol. The first-order valence-electron chi connectivity index (χ1n) is 10.4. The molecular formula is C24H25N3O3S. The lowest BCUT2D eigenvalue weighted by Gasteiger charge is -2.34. The van der Waals surface area contributed by atoms with E-state index in [0.717, 1.165) is 41.9 Å². The number of Topliss-reactive ketones (excluding diaryl/α,β-unsaturated/α-hetero) is 1. The number of nitrogens with zero attached hydrogens (tertiary/aromatic N) is 2. The van der Waals surface area contributed by atoms with Gasteiger partial charge in [-0.15, -0.1) is 11.3 Å². The number of anilines is 1. The van der Waals surface area contributed by atoms with Crippen LogP contribution in [0.5, 0.6) is 11.5 Å². The molecule has 1 atom stereocenters. The minimum absolute atomic E-state index is 0.00245. The van der Waals surface area contributed by atoms with Crippen LogP contribution in [0.15, 0.2) is 60.2 Å². The summed E-state index contributed by atoms with van der Waals surface area (Å²) in [5, 5.41) is 5.06. The van der Waals surface area contributed by atoms with Gasteiger partial charge < -0.3 is 10.1 Å². The molecule has 0 aliphatic carbocycles. The molecule has 160 valence electrons. The van der Waals surface area contributed by atoms with E-state index in [-0.39, 0.29) is 17.7 Å². The van der Waals surface area contributed by atoms with E-state index >= 15 is 0 Å². The van der Waals surface area contributed by atoms with Crippen LogP contribution in [-0.4, -0.2) is 34.2 Å². The van der Waals surface area contributed by atoms with Crippen LogP contribution in [0.1, 0.15) is 41.4 Å². The van der Waals surface area contributed by atoms with E-state index in [9.17, 15) is 9.59 Å². The predicted molar refractivity (Wildman–Crippen MR) is 122 cm³/mol. The fourth-order valence-corrected chi connectivity index (χ4v) is 4.54. The molecule has 1 aromatic carbocycles. The molecule has 0 unspecified atom stereocenters. The van der Waals surface area contributed by atoms with Crippen LogP contribution in [0.25, 0.3) is 0 Å². The standard InChI is InChI=1S/C24H25N3O3S/c1-17(28)23-13-18(16-31-23)15-27-12-3-2-6-22(27)24(29)26-19-7-9-20(10-8-19)30-21-5-4-11-25-14-21/h4-5,7-11,13-14,16,22H,2-3,6,12,15H2,1H3,(H,26,29)/t22-/m1/s1. The summed E-state index contributed by atoms with van der Waals surface area (Å²) >= 11 is 1.47. The van der Waals surface area contributed by atoms with Crippen molar-refractivity contribution < 1.29 is 14.3 Å². The molecule has 1 aliphatic rings. The first kappa shape index (κ1) is 21.2. The molecule has 7 heteroatoms. The molecule has 31 heavy (non-hydrogen) atoms. The van der Waals surface area contributed by atoms with Gasteiger partial charge in [-0.3, -0.25) is 19.5 Å². The van der Waals surface area contributed by atoms with Gasteiger partial charge in [0.05, 0.1) is 17.1 Å². The predicted octanol–water partition coefficient (Wildman–Crippen LogP) is 5.13. The van der Waals surface area contributed by atoms with Gasteiger partial charge in [0, 0.05) is 18.4 Å². The second kappa shape index (κ2) is 9.85. The molecule has 0 bridgehead atoms. The summed E-state index contributed by atoms with van der Waals surface area (Å²) < 4.78 is 5.75. The Morgan fingerprint density at radius 3 is 2.74 bits per heavy atom. The van der Waals surface area contributed by atoms with Crippen molar-refractivity contribution in [2.45, 2.75) is 38.8 Å². The average molecular weight is 436 g/mol. The van der Waals surface area contributed by atoms with Gasteiger partial charge >= 0.3 is 0 Å². The second-order valence-corrected chi connectivity index (χ2v) is 8.57. The van der Waals surface area contributed by atoms with Gasteiger partial charge in [-0.1, -0.05) is 6.42 Å². The smallest absolute Gasteiger partial charge is 0.241 e. The van der Waals surface area contributed by atoms with Gasteiger partial charge in [-0.05, 0) is 79.7 Å². The molecule has 1 saturated heterocycles. The highest BCUT2D eigenvalue weighted by Crippen LogP contribution is 2.25. The van der Waals surface area contributed by atoms with Gasteiger partial charge in [0.1, 0.15) is 11.5 Å². The van der Waals surface area contributed by atoms with Crippen LogP contribution >= 0.6 is 11.3 Å². The van der Waals surface area contributed by atoms with Gasteiger partial charge in [-0.2, -0.15) is 0 Å². The van der Waals surface area contributed by atoms with Crippen LogP contribution < -0.4 is 10.1 Å². The van der Waals surface area contributed by atoms with Crippen LogP contribution in [0, 0.1) is 0 Å². The van der Waals surface area contributed by atoms with Crippen molar-refractivity contribution in [1.29, 1.82) is 0 Å². The Balaban J connectivity index is 1.38. The van der Waals surface area contributed by atoms with Crippen molar-refractivity contribution in [3.8, 4) is 11.5 Å². The lowest BCUT2D eigenvalue weighted by atomic mass is 10.0. The minimum atomic E-state index is -0.180. The molecule has 0 spiro atoms. The second-order valence-electron chi connectivity index (χ2n) is 7.66. The number of benzene rings is 1. The monoisotopic (exact) mass is 435 g/mol. The summed E-state index contributed by atoms with van der Waals surface area (Å²) in [6.07, 6.45) is 6.29. The minimum Gasteiger partial charge on any atom is -0.456 e. The van der Waals surface area contributed by atoms with E-state index in [0.29, 0.717) is 18.0 Å². The van der Waals surface area contributed by atoms with E-state index in [1.165, 1.54) is 11.3 Å². The van der Waals surface area contributed by atoms with Gasteiger partial charge in [0.15, 0.2) is 5.78 Å². The molecule has 2 aromatic heterocycles. The fourth-order valence-electron chi connectivity index (χ4n) is 3.73. The van der Waals surface area contributed by atoms with E-state index in [2.05, 4.69) is 15.2 Å². The van der Waals surface area contributed by atoms with E-state index in [1.54, 1.807) is 19.3 Å². The lowest BCUT2D eigenvalue weighted by molar-refractivity contribution is -0.122. The molecule has 3 aromatic rings. The van der Waals surface area contributed by atoms with Crippen molar-refractivity contribution in [2.24, 2.45) is 0 Å². The van der Waals surface area contributed by atoms with Crippen molar-refractivity contribution in [3.63, 3.8) is 0 Å². The topological polar surface area (TPSA) is 71.5 Å². The van der Waals surface area contributed by atoms with E-state index < -0.39 is 0 Å². The number of hydrogen-bond donors (Lipinski definition) is 1. The normalized spacial score (nSPS) is 16.6. The van der Waals surface area contributed by atoms with Gasteiger partial charge in [-0.25, -0.2) is 0 Å². The molecule has 1 fully saturated rings. The van der Waals surface area contributed by atoms with Crippen LogP contribution in [0.3, 0.4) is 0 Å². The number of rotatable bonds is 7. The summed E-state index contributed by atoms with van der Waals surface area (Å²) in [5.74, 6) is 1.44. The molecule has 0 saturated carbocycles. The number of nitrogens with one attached hydrogen (secondary N) is 1. The quantitative estimate of drug-likeness (QED) is 0.521. The summed E-state index contributed by atoms with van der Waals surface area (Å²) in [6, 6.07) is 12.8. The summed E-state index contributed by atoms with van der Waals surface area (Å²) in [6.45, 7) is 3.14. The maximum Gasteiger partial charge on any atom is 0.241 e. The Morgan fingerprint density at radius 2 is 2.03 bits per heavy atom. The largest absolute Gasteiger partial charge is 0.456 e. The molecule has 6 nitrogen and oxygen atoms in total. The van der Waals surface area contributed by atoms with Crippen molar-refractivity contribution >= 4 is 28.7 Å². The Hall–Kier alpha value is -3.03. The number of amides is 1. The number of carbonyl (C=O) groups excluding carboxylic acids is 2. The molecule has 3 heterocycles. The Labute approximate surface area is 185 Å². The number of ketones is 1. The summed E-state index contributed by atoms with van der Waals surface area (Å²) in [7, 11) is 0. The molecule has 1 N–H and O–H groups in total. The first-order chi connectivity index (χ1) is 15.1. The molecule has 4 rings (SSSR count). The van der Waals surface area contributed by atoms with Crippen molar-refractivity contribution in [3.05, 3.63) is 70.7 Å². The highest BCUT2D eigenvalue weighted by atomic mass is 32.1. The average Bonchev–Trinajstić information content (AvgIpc) is 3.25. The highest BCUT2D eigenvalue weighted by molar-refractivity contribution is 7.12. The maximum atomic E-state index is 13.0. The number of piperidine rings is 1. The van der Waals surface area contributed by atoms with Gasteiger partial charge in [0.25, 0.3) is 0 Å². The van der Waals surface area contributed by atoms with Crippen LogP contribution in [-0.2, 0) is 11.3 Å². The number of likely N-dealkylation sites (tertiary alicyclic amines) is 1. The number of ether oxygens (including phenoxy) is 1. The first-order valence-corrected chi connectivity index (χ1v) is 11.3. The third kappa shape index (κ3) is 5.57. The summed E-state index contributed by atoms with van der Waals surface area (Å²) in [5.41, 5.74) is 1.83. The zero-order valence-electron chi connectivity index (χ0n) is 17.4. The van der Waals surface area contributed by atoms with Crippen molar-refractivity contribution in [1.82, 2.24) is 9.88 Å². The number of carbonyl (C=O) groups is 2. The van der Waals surface area contributed by atoms with Crippen LogP contribution in [0.2, 0.25) is 0 Å². The number of thiophene rings is 1. The zero-order chi connectivity index (χ0) is 21.6. The van der Waals surface area contributed by atoms with Gasteiger partial charge in [0.2, 0.25) is 5.91 Å². The maximum absolute atomic E-state index is 13.0. The van der Waals surface area contributed by atoms with Crippen LogP contribution in [0.4, 0.5) is 5.69 Å². The zero-order valence-corrected chi connectivity index (χ0v) is 18.2. The molecule has 1 amide bonds. The molecule has 1 aliphatic heterocycles. The Bertz CT molecular complexity index is 1030. The van der Waals surface area contributed by atoms with Crippen molar-refractivity contribution in [2.75, 3.05) is 11.9 Å². The third-order valence-corrected chi connectivity index (χ3v) is 6.37. The van der Waals surface area contributed by atoms with E-state index in [1.807, 2.05) is 47.8 Å². The molecule has 0 radical (unpaired) electrons. The Kier molecular flexibility index (Phi) is 6.74.